The Labute approximate surface area is 129 Å². The lowest BCUT2D eigenvalue weighted by molar-refractivity contribution is -0.115. The van der Waals surface area contributed by atoms with Gasteiger partial charge in [0, 0.05) is 20.2 Å². The third kappa shape index (κ3) is 4.67. The van der Waals surface area contributed by atoms with E-state index in [4.69, 9.17) is 4.74 Å². The van der Waals surface area contributed by atoms with E-state index in [0.29, 0.717) is 24.2 Å². The van der Waals surface area contributed by atoms with Gasteiger partial charge in [0.15, 0.2) is 0 Å². The first-order valence-electron chi connectivity index (χ1n) is 7.88. The van der Waals surface area contributed by atoms with Crippen LogP contribution in [0.2, 0.25) is 0 Å². The second-order valence-corrected chi connectivity index (χ2v) is 6.29. The van der Waals surface area contributed by atoms with Gasteiger partial charge in [0.1, 0.15) is 5.71 Å². The minimum absolute atomic E-state index is 0.0795. The maximum atomic E-state index is 12.5. The molecule has 1 saturated carbocycles. The highest BCUT2D eigenvalue weighted by Crippen LogP contribution is 2.35. The molecule has 0 aromatic heterocycles. The van der Waals surface area contributed by atoms with Crippen molar-refractivity contribution in [1.82, 2.24) is 5.32 Å². The van der Waals surface area contributed by atoms with Gasteiger partial charge in [-0.05, 0) is 49.7 Å². The van der Waals surface area contributed by atoms with E-state index in [0.717, 1.165) is 5.57 Å². The standard InChI is InChI=1S/C17H30N2O2/c1-11(2)13(4)19-17(20)16(18-5)12(3)15(10-21-6)14-8-7-9-14/h11,13-14H,7-10H2,1-6H3,(H,19,20)/b15-12-,18-16?. The van der Waals surface area contributed by atoms with Gasteiger partial charge in [-0.1, -0.05) is 20.3 Å². The number of ether oxygens (including phenoxy) is 1. The molecule has 1 N–H and O–H groups in total. The highest BCUT2D eigenvalue weighted by Gasteiger charge is 2.26. The van der Waals surface area contributed by atoms with E-state index in [-0.39, 0.29) is 11.9 Å². The Morgan fingerprint density at radius 3 is 2.33 bits per heavy atom. The van der Waals surface area contributed by atoms with E-state index >= 15 is 0 Å². The SMILES string of the molecule is CN=C(C(=O)NC(C)C(C)C)/C(C)=C(/COC)C1CCC1. The number of amides is 1. The highest BCUT2D eigenvalue weighted by atomic mass is 16.5. The van der Waals surface area contributed by atoms with Crippen LogP contribution in [0.3, 0.4) is 0 Å². The molecule has 0 heterocycles. The van der Waals surface area contributed by atoms with E-state index in [9.17, 15) is 4.79 Å². The predicted molar refractivity (Wildman–Crippen MR) is 87.7 cm³/mol. The van der Waals surface area contributed by atoms with Crippen molar-refractivity contribution >= 4 is 11.6 Å². The largest absolute Gasteiger partial charge is 0.380 e. The average molecular weight is 294 g/mol. The topological polar surface area (TPSA) is 50.7 Å². The summed E-state index contributed by atoms with van der Waals surface area (Å²) in [5.41, 5.74) is 2.76. The van der Waals surface area contributed by atoms with Gasteiger partial charge in [0.05, 0.1) is 6.61 Å². The fraction of sp³-hybridized carbons (Fsp3) is 0.765. The molecule has 1 unspecified atom stereocenters. The summed E-state index contributed by atoms with van der Waals surface area (Å²) in [4.78, 5) is 16.7. The number of carbonyl (C=O) groups excluding carboxylic acids is 1. The third-order valence-corrected chi connectivity index (χ3v) is 4.53. The molecule has 0 aromatic rings. The number of hydrogen-bond donors (Lipinski definition) is 1. The van der Waals surface area contributed by atoms with Gasteiger partial charge in [-0.25, -0.2) is 0 Å². The van der Waals surface area contributed by atoms with Gasteiger partial charge >= 0.3 is 0 Å². The number of nitrogens with one attached hydrogen (secondary N) is 1. The molecule has 0 spiro atoms. The monoisotopic (exact) mass is 294 g/mol. The second-order valence-electron chi connectivity index (χ2n) is 6.29. The fourth-order valence-electron chi connectivity index (χ4n) is 2.48. The summed E-state index contributed by atoms with van der Waals surface area (Å²) in [5.74, 6) is 0.877. The van der Waals surface area contributed by atoms with Crippen LogP contribution in [0, 0.1) is 11.8 Å². The van der Waals surface area contributed by atoms with Crippen molar-refractivity contribution in [1.29, 1.82) is 0 Å². The first-order chi connectivity index (χ1) is 9.92. The van der Waals surface area contributed by atoms with Crippen molar-refractivity contribution in [3.8, 4) is 0 Å². The number of hydrogen-bond acceptors (Lipinski definition) is 3. The lowest BCUT2D eigenvalue weighted by Crippen LogP contribution is -2.41. The Morgan fingerprint density at radius 2 is 1.95 bits per heavy atom. The maximum Gasteiger partial charge on any atom is 0.269 e. The molecule has 4 heteroatoms. The molecule has 1 rings (SSSR count). The molecule has 1 amide bonds. The van der Waals surface area contributed by atoms with Crippen molar-refractivity contribution in [3.05, 3.63) is 11.1 Å². The van der Waals surface area contributed by atoms with Crippen molar-refractivity contribution in [2.75, 3.05) is 20.8 Å². The van der Waals surface area contributed by atoms with Gasteiger partial charge in [-0.2, -0.15) is 0 Å². The Hall–Kier alpha value is -1.16. The van der Waals surface area contributed by atoms with Gasteiger partial charge in [-0.15, -0.1) is 0 Å². The lowest BCUT2D eigenvalue weighted by atomic mass is 9.77. The van der Waals surface area contributed by atoms with Crippen LogP contribution in [0.5, 0.6) is 0 Å². The Balaban J connectivity index is 2.92. The van der Waals surface area contributed by atoms with Gasteiger partial charge < -0.3 is 10.1 Å². The Bertz CT molecular complexity index is 421. The van der Waals surface area contributed by atoms with E-state index in [1.54, 1.807) is 14.2 Å². The Morgan fingerprint density at radius 1 is 1.33 bits per heavy atom. The molecule has 0 bridgehead atoms. The van der Waals surface area contributed by atoms with Crippen molar-refractivity contribution in [3.63, 3.8) is 0 Å². The summed E-state index contributed by atoms with van der Waals surface area (Å²) < 4.78 is 5.33. The molecule has 0 aromatic carbocycles. The van der Waals surface area contributed by atoms with Crippen LogP contribution < -0.4 is 5.32 Å². The number of methoxy groups -OCH3 is 1. The summed E-state index contributed by atoms with van der Waals surface area (Å²) in [7, 11) is 3.39. The van der Waals surface area contributed by atoms with E-state index in [1.807, 2.05) is 13.8 Å². The number of rotatable bonds is 7. The van der Waals surface area contributed by atoms with Crippen molar-refractivity contribution in [2.45, 2.75) is 53.0 Å². The summed E-state index contributed by atoms with van der Waals surface area (Å²) >= 11 is 0. The predicted octanol–water partition coefficient (Wildman–Crippen LogP) is 2.98. The molecule has 1 fully saturated rings. The molecule has 0 aliphatic heterocycles. The second kappa shape index (κ2) is 8.32. The zero-order valence-electron chi connectivity index (χ0n) is 14.3. The molecular formula is C17H30N2O2. The lowest BCUT2D eigenvalue weighted by Gasteiger charge is -2.30. The third-order valence-electron chi connectivity index (χ3n) is 4.53. The number of aliphatic imine (C=N–C) groups is 1. The van der Waals surface area contributed by atoms with Gasteiger partial charge in [-0.3, -0.25) is 9.79 Å². The first-order valence-corrected chi connectivity index (χ1v) is 7.88. The van der Waals surface area contributed by atoms with Crippen molar-refractivity contribution in [2.24, 2.45) is 16.8 Å². The van der Waals surface area contributed by atoms with Crippen LogP contribution in [0.1, 0.15) is 47.0 Å². The minimum Gasteiger partial charge on any atom is -0.380 e. The molecule has 1 atom stereocenters. The van der Waals surface area contributed by atoms with Crippen LogP contribution in [0.4, 0.5) is 0 Å². The molecular weight excluding hydrogens is 264 g/mol. The molecule has 1 aliphatic rings. The molecule has 1 aliphatic carbocycles. The quantitative estimate of drug-likeness (QED) is 0.734. The van der Waals surface area contributed by atoms with Crippen LogP contribution in [0.25, 0.3) is 0 Å². The van der Waals surface area contributed by atoms with E-state index < -0.39 is 0 Å². The smallest absolute Gasteiger partial charge is 0.269 e. The number of carbonyl (C=O) groups is 1. The number of nitrogens with zero attached hydrogens (tertiary/aromatic N) is 1. The maximum absolute atomic E-state index is 12.5. The van der Waals surface area contributed by atoms with Gasteiger partial charge in [0.25, 0.3) is 5.91 Å². The average Bonchev–Trinajstić information content (AvgIpc) is 2.36. The normalized spacial score (nSPS) is 19.1. The molecule has 0 radical (unpaired) electrons. The molecule has 120 valence electrons. The summed E-state index contributed by atoms with van der Waals surface area (Å²) in [6.45, 7) is 8.80. The zero-order chi connectivity index (χ0) is 16.0. The van der Waals surface area contributed by atoms with Crippen LogP contribution in [-0.4, -0.2) is 38.4 Å². The fourth-order valence-corrected chi connectivity index (χ4v) is 2.48. The zero-order valence-corrected chi connectivity index (χ0v) is 14.3. The Kier molecular flexibility index (Phi) is 7.09. The minimum atomic E-state index is -0.0795. The molecule has 4 nitrogen and oxygen atoms in total. The van der Waals surface area contributed by atoms with Crippen molar-refractivity contribution < 1.29 is 9.53 Å². The molecule has 21 heavy (non-hydrogen) atoms. The van der Waals surface area contributed by atoms with Crippen LogP contribution in [-0.2, 0) is 9.53 Å². The summed E-state index contributed by atoms with van der Waals surface area (Å²) in [5, 5.41) is 3.04. The first kappa shape index (κ1) is 17.9. The van der Waals surface area contributed by atoms with E-state index in [2.05, 4.69) is 24.2 Å². The summed E-state index contributed by atoms with van der Waals surface area (Å²) in [6, 6.07) is 0.136. The van der Waals surface area contributed by atoms with E-state index in [1.165, 1.54) is 24.8 Å². The van der Waals surface area contributed by atoms with Crippen LogP contribution in [0.15, 0.2) is 16.1 Å². The summed E-state index contributed by atoms with van der Waals surface area (Å²) in [6.07, 6.45) is 3.65. The highest BCUT2D eigenvalue weighted by molar-refractivity contribution is 6.45. The van der Waals surface area contributed by atoms with Crippen LogP contribution >= 0.6 is 0 Å². The molecule has 0 saturated heterocycles. The van der Waals surface area contributed by atoms with Gasteiger partial charge in [0.2, 0.25) is 0 Å².